The molecule has 109 heavy (non-hydrogen) atoms. The van der Waals surface area contributed by atoms with E-state index in [1.807, 2.05) is 0 Å². The molecule has 1 atom stereocenters. The molecule has 4 nitrogen and oxygen atoms in total. The van der Waals surface area contributed by atoms with Crippen molar-refractivity contribution in [3.63, 3.8) is 0 Å². The second kappa shape index (κ2) is 25.2. The van der Waals surface area contributed by atoms with Crippen LogP contribution in [0.4, 0.5) is 34.1 Å². The smallest absolute Gasteiger partial charge is 0.159 e. The number of aromatic nitrogens is 1. The summed E-state index contributed by atoms with van der Waals surface area (Å²) in [6.45, 7) is 56.4. The lowest BCUT2D eigenvalue weighted by molar-refractivity contribution is 0.568. The predicted molar refractivity (Wildman–Crippen MR) is 470 cm³/mol. The maximum absolute atomic E-state index is 7.97. The Morgan fingerprint density at radius 3 is 1.08 bits per heavy atom. The summed E-state index contributed by atoms with van der Waals surface area (Å²) in [7, 11) is 0. The van der Waals surface area contributed by atoms with E-state index >= 15 is 0 Å². The summed E-state index contributed by atoms with van der Waals surface area (Å²) < 4.78 is 10.4. The van der Waals surface area contributed by atoms with Gasteiger partial charge in [0, 0.05) is 44.2 Å². The van der Waals surface area contributed by atoms with Crippen molar-refractivity contribution in [2.75, 3.05) is 9.80 Å². The van der Waals surface area contributed by atoms with Gasteiger partial charge in [0.25, 0.3) is 0 Å². The van der Waals surface area contributed by atoms with E-state index in [2.05, 4.69) is 411 Å². The lowest BCUT2D eigenvalue weighted by Gasteiger charge is -2.47. The van der Waals surface area contributed by atoms with Gasteiger partial charge in [-0.2, -0.15) is 0 Å². The number of benzene rings is 12. The molecule has 14 aromatic rings. The van der Waals surface area contributed by atoms with Crippen LogP contribution in [-0.4, -0.2) is 4.57 Å². The number of nitrogens with zero attached hydrogens (tertiary/aromatic N) is 3. The Labute approximate surface area is 649 Å². The van der Waals surface area contributed by atoms with Gasteiger partial charge in [0.1, 0.15) is 0 Å². The number of furan rings is 1. The Kier molecular flexibility index (Phi) is 16.9. The summed E-state index contributed by atoms with van der Waals surface area (Å²) in [5, 5.41) is 4.63. The standard InChI is InChI=1S/C105H111N3O/c1-98(2,3)69-43-47-85-82(57-69)83-58-70(99(4,5)6)44-48-86(83)106(85)88-39-31-37-77-78-38-32-40-89(97(78)109-96(77)88)107-90-54-66(68-51-73(102(13,14)15)56-74(52-68)103(16,17)18)41-45-79(90)93-84-53-65(67-49-71(100(7,8)9)55-72(50-67)101(10,11)12)42-46-87(84)108(92-62-76(105(22,23)24)61-91(107)94(92)93)95-80(63-33-27-25-28-34-63)59-75(104(19,20)21)60-81(95)64-35-29-26-30-36-64/h25-62,93H,1-24H3. The fraction of sp³-hybridized carbons (Fsp3) is 0.314. The third-order valence-corrected chi connectivity index (χ3v) is 23.8. The predicted octanol–water partition coefficient (Wildman–Crippen LogP) is 30.5. The first kappa shape index (κ1) is 73.0. The molecule has 0 fully saturated rings. The normalized spacial score (nSPS) is 14.5. The van der Waals surface area contributed by atoms with Crippen LogP contribution in [0.5, 0.6) is 0 Å². The van der Waals surface area contributed by atoms with Gasteiger partial charge in [-0.15, -0.1) is 0 Å². The third-order valence-electron chi connectivity index (χ3n) is 23.8. The zero-order valence-electron chi connectivity index (χ0n) is 69.3. The van der Waals surface area contributed by atoms with E-state index in [4.69, 9.17) is 4.42 Å². The average Bonchev–Trinajstić information content (AvgIpc) is 0.816. The first-order valence-corrected chi connectivity index (χ1v) is 39.8. The van der Waals surface area contributed by atoms with Crippen LogP contribution in [0.1, 0.15) is 233 Å². The summed E-state index contributed by atoms with van der Waals surface area (Å²) in [4.78, 5) is 5.36. The highest BCUT2D eigenvalue weighted by Gasteiger charge is 2.45. The minimum absolute atomic E-state index is 0.0433. The maximum Gasteiger partial charge on any atom is 0.159 e. The SMILES string of the molecule is CC(C)(C)c1cc(-c2ccc3c(c2)C2c4ccc(-c5cc(C(C)(C)C)cc(C(C)(C)C)c5)cc4N(c4cccc5c4oc4c(-n6c7ccc(C(C)(C)C)cc7c7cc(C(C)(C)C)ccc76)cccc45)c4cc(C(C)(C)C)cc(c42)N3c2c(-c3ccccc3)cc(C(C)(C)C)cc2-c2ccccc2)cc(C(C)(C)C)c1. The van der Waals surface area contributed by atoms with Crippen molar-refractivity contribution < 1.29 is 4.42 Å². The molecule has 0 bridgehead atoms. The lowest BCUT2D eigenvalue weighted by Crippen LogP contribution is -2.31. The molecule has 552 valence electrons. The molecule has 0 saturated carbocycles. The van der Waals surface area contributed by atoms with E-state index in [-0.39, 0.29) is 49.2 Å². The first-order chi connectivity index (χ1) is 51.1. The Bertz CT molecular complexity index is 5790. The number of anilines is 6. The Balaban J connectivity index is 1.06. The number of rotatable bonds is 7. The molecule has 2 aliphatic rings. The third kappa shape index (κ3) is 12.7. The van der Waals surface area contributed by atoms with Crippen LogP contribution in [0.15, 0.2) is 235 Å². The molecule has 0 saturated heterocycles. The highest BCUT2D eigenvalue weighted by atomic mass is 16.3. The van der Waals surface area contributed by atoms with E-state index in [1.165, 1.54) is 116 Å². The molecule has 2 aromatic heterocycles. The monoisotopic (exact) mass is 1430 g/mol. The zero-order valence-corrected chi connectivity index (χ0v) is 69.3. The second-order valence-corrected chi connectivity index (χ2v) is 40.0. The minimum Gasteiger partial charge on any atom is -0.452 e. The van der Waals surface area contributed by atoms with Gasteiger partial charge in [-0.3, -0.25) is 0 Å². The highest BCUT2D eigenvalue weighted by molar-refractivity contribution is 6.16. The fourth-order valence-electron chi connectivity index (χ4n) is 17.0. The zero-order chi connectivity index (χ0) is 77.5. The highest BCUT2D eigenvalue weighted by Crippen LogP contribution is 2.65. The molecule has 2 aliphatic heterocycles. The molecule has 0 N–H and O–H groups in total. The van der Waals surface area contributed by atoms with E-state index in [0.29, 0.717) is 0 Å². The lowest BCUT2D eigenvalue weighted by atomic mass is 9.72. The van der Waals surface area contributed by atoms with Crippen LogP contribution in [0.3, 0.4) is 0 Å². The van der Waals surface area contributed by atoms with Crippen LogP contribution in [-0.2, 0) is 43.3 Å². The van der Waals surface area contributed by atoms with Crippen molar-refractivity contribution in [3.8, 4) is 50.2 Å². The first-order valence-electron chi connectivity index (χ1n) is 39.8. The molecule has 0 aliphatic carbocycles. The number of para-hydroxylation sites is 2. The van der Waals surface area contributed by atoms with Crippen LogP contribution in [0, 0.1) is 0 Å². The Morgan fingerprint density at radius 1 is 0.239 bits per heavy atom. The number of hydrogen-bond acceptors (Lipinski definition) is 3. The molecule has 0 radical (unpaired) electrons. The van der Waals surface area contributed by atoms with E-state index < -0.39 is 0 Å². The molecular weight excluding hydrogens is 1320 g/mol. The Morgan fingerprint density at radius 2 is 0.633 bits per heavy atom. The van der Waals surface area contributed by atoms with Crippen molar-refractivity contribution in [2.45, 2.75) is 215 Å². The minimum atomic E-state index is -0.311. The Hall–Kier alpha value is -10.2. The molecule has 4 heterocycles. The van der Waals surface area contributed by atoms with Crippen LogP contribution in [0.25, 0.3) is 93.9 Å². The molecule has 4 heteroatoms. The summed E-state index contributed by atoms with van der Waals surface area (Å²) in [6, 6.07) is 90.4. The maximum atomic E-state index is 7.97. The molecule has 0 spiro atoms. The van der Waals surface area contributed by atoms with E-state index in [0.717, 1.165) is 72.8 Å². The van der Waals surface area contributed by atoms with E-state index in [9.17, 15) is 0 Å². The summed E-state index contributed by atoms with van der Waals surface area (Å²) in [5.74, 6) is -0.229. The number of hydrogen-bond donors (Lipinski definition) is 0. The van der Waals surface area contributed by atoms with Gasteiger partial charge in [0.05, 0.1) is 50.8 Å². The molecule has 0 amide bonds. The van der Waals surface area contributed by atoms with Gasteiger partial charge >= 0.3 is 0 Å². The van der Waals surface area contributed by atoms with Crippen LogP contribution >= 0.6 is 0 Å². The summed E-state index contributed by atoms with van der Waals surface area (Å²) >= 11 is 0. The van der Waals surface area contributed by atoms with Gasteiger partial charge in [-0.05, 0) is 211 Å². The summed E-state index contributed by atoms with van der Waals surface area (Å²) in [5.41, 5.74) is 34.5. The fourth-order valence-corrected chi connectivity index (χ4v) is 17.0. The van der Waals surface area contributed by atoms with E-state index in [1.54, 1.807) is 0 Å². The van der Waals surface area contributed by atoms with Crippen molar-refractivity contribution in [3.05, 3.63) is 292 Å². The van der Waals surface area contributed by atoms with Crippen molar-refractivity contribution in [2.24, 2.45) is 0 Å². The van der Waals surface area contributed by atoms with Crippen LogP contribution in [0.2, 0.25) is 0 Å². The van der Waals surface area contributed by atoms with Crippen molar-refractivity contribution in [1.29, 1.82) is 0 Å². The number of fused-ring (bicyclic) bond motifs is 10. The van der Waals surface area contributed by atoms with Gasteiger partial charge in [-0.25, -0.2) is 0 Å². The van der Waals surface area contributed by atoms with Crippen LogP contribution < -0.4 is 9.80 Å². The molecule has 1 unspecified atom stereocenters. The van der Waals surface area contributed by atoms with Gasteiger partial charge in [0.15, 0.2) is 11.2 Å². The molecule has 12 aromatic carbocycles. The van der Waals surface area contributed by atoms with Gasteiger partial charge < -0.3 is 18.8 Å². The largest absolute Gasteiger partial charge is 0.452 e. The van der Waals surface area contributed by atoms with Crippen molar-refractivity contribution in [1.82, 2.24) is 4.57 Å². The quantitative estimate of drug-likeness (QED) is 0.159. The van der Waals surface area contributed by atoms with Gasteiger partial charge in [-0.1, -0.05) is 318 Å². The average molecular weight is 1430 g/mol. The molecule has 16 rings (SSSR count). The molecular formula is C105H111N3O. The van der Waals surface area contributed by atoms with Crippen molar-refractivity contribution >= 4 is 77.9 Å². The topological polar surface area (TPSA) is 24.6 Å². The second-order valence-electron chi connectivity index (χ2n) is 40.0. The summed E-state index contributed by atoms with van der Waals surface area (Å²) in [6.07, 6.45) is 0. The van der Waals surface area contributed by atoms with Gasteiger partial charge in [0.2, 0.25) is 0 Å².